The lowest BCUT2D eigenvalue weighted by Crippen LogP contribution is -2.17. The molecule has 1 N–H and O–H groups in total. The minimum atomic E-state index is 0.282. The molecule has 12 heteroatoms. The zero-order valence-corrected chi connectivity index (χ0v) is 38.7. The molecule has 0 aliphatic rings. The Hall–Kier alpha value is -7.07. The summed E-state index contributed by atoms with van der Waals surface area (Å²) in [5.41, 5.74) is 14.1. The number of aromatic nitrogens is 5. The third-order valence-corrected chi connectivity index (χ3v) is 13.5. The Balaban J connectivity index is 1.29. The lowest BCUT2D eigenvalue weighted by atomic mass is 9.98. The van der Waals surface area contributed by atoms with Crippen molar-refractivity contribution >= 4 is 82.8 Å². The second kappa shape index (κ2) is 18.0. The predicted octanol–water partition coefficient (Wildman–Crippen LogP) is 14.8. The topological polar surface area (TPSA) is 120 Å². The van der Waals surface area contributed by atoms with Crippen LogP contribution in [0.15, 0.2) is 119 Å². The van der Waals surface area contributed by atoms with E-state index in [9.17, 15) is 5.26 Å². The summed E-state index contributed by atoms with van der Waals surface area (Å²) in [5, 5.41) is 31.0. The molecule has 9 rings (SSSR count). The molecule has 0 amide bonds. The number of para-hydroxylation sites is 2. The van der Waals surface area contributed by atoms with Crippen LogP contribution >= 0.6 is 22.7 Å². The molecule has 318 valence electrons. The first-order chi connectivity index (χ1) is 31.2. The first kappa shape index (κ1) is 42.2. The Kier molecular flexibility index (Phi) is 11.9. The molecule has 0 aliphatic heterocycles. The van der Waals surface area contributed by atoms with E-state index < -0.39 is 0 Å². The van der Waals surface area contributed by atoms with Crippen molar-refractivity contribution in [2.45, 2.75) is 74.1 Å². The highest BCUT2D eigenvalue weighted by molar-refractivity contribution is 7.22. The van der Waals surface area contributed by atoms with Crippen LogP contribution in [0.1, 0.15) is 72.2 Å². The van der Waals surface area contributed by atoms with Gasteiger partial charge in [-0.05, 0) is 105 Å². The third-order valence-electron chi connectivity index (χ3n) is 11.5. The van der Waals surface area contributed by atoms with Crippen molar-refractivity contribution < 1.29 is 0 Å². The van der Waals surface area contributed by atoms with Crippen LogP contribution in [0, 0.1) is 32.1 Å². The molecule has 0 bridgehead atoms. The van der Waals surface area contributed by atoms with Crippen LogP contribution < -0.4 is 10.2 Å². The molecular weight excluding hydrogens is 829 g/mol. The van der Waals surface area contributed by atoms with E-state index in [1.807, 2.05) is 67.6 Å². The Labute approximate surface area is 381 Å². The van der Waals surface area contributed by atoms with Gasteiger partial charge < -0.3 is 5.32 Å². The average molecular weight is 877 g/mol. The Bertz CT molecular complexity index is 3150. The van der Waals surface area contributed by atoms with Crippen molar-refractivity contribution in [1.82, 2.24) is 24.7 Å². The van der Waals surface area contributed by atoms with Gasteiger partial charge in [-0.25, -0.2) is 15.0 Å². The van der Waals surface area contributed by atoms with Gasteiger partial charge in [0.15, 0.2) is 16.8 Å². The number of thiazole rings is 2. The fourth-order valence-electron chi connectivity index (χ4n) is 8.36. The summed E-state index contributed by atoms with van der Waals surface area (Å²) >= 11 is 3.13. The molecule has 0 saturated carbocycles. The SMILES string of the molecule is CCc1cc(C)cc(CC)c1Nc1nc(N(c2nc3ccccc3s2)c2c(CC)cc(C)cc2CC)cc(C)c1N=Nc1c(C#N)c(-c2ccccc2)nn1-c1nc2ccccc2s1. The van der Waals surface area contributed by atoms with E-state index in [0.29, 0.717) is 33.7 Å². The number of fused-ring (bicyclic) bond motifs is 2. The van der Waals surface area contributed by atoms with Crippen LogP contribution in [-0.2, 0) is 25.7 Å². The maximum atomic E-state index is 10.8. The molecular formula is C52H48N10S2. The Morgan fingerprint density at radius 2 is 1.25 bits per heavy atom. The first-order valence-corrected chi connectivity index (χ1v) is 23.4. The molecule has 0 fully saturated rings. The van der Waals surface area contributed by atoms with Crippen molar-refractivity contribution in [3.8, 4) is 22.5 Å². The molecule has 0 radical (unpaired) electrons. The second-order valence-electron chi connectivity index (χ2n) is 15.8. The fourth-order valence-corrected chi connectivity index (χ4v) is 10.3. The van der Waals surface area contributed by atoms with E-state index in [4.69, 9.17) is 30.3 Å². The summed E-state index contributed by atoms with van der Waals surface area (Å²) in [5.74, 6) is 1.52. The van der Waals surface area contributed by atoms with Crippen LogP contribution in [0.3, 0.4) is 0 Å². The summed E-state index contributed by atoms with van der Waals surface area (Å²) in [6.07, 6.45) is 3.31. The highest BCUT2D eigenvalue weighted by atomic mass is 32.1. The van der Waals surface area contributed by atoms with Gasteiger partial charge in [-0.15, -0.1) is 10.2 Å². The summed E-state index contributed by atoms with van der Waals surface area (Å²) in [7, 11) is 0. The molecule has 0 spiro atoms. The molecule has 0 unspecified atom stereocenters. The van der Waals surface area contributed by atoms with Crippen molar-refractivity contribution in [1.29, 1.82) is 5.26 Å². The summed E-state index contributed by atoms with van der Waals surface area (Å²) in [6, 6.07) is 39.5. The number of benzene rings is 5. The molecule has 4 aromatic heterocycles. The van der Waals surface area contributed by atoms with Crippen molar-refractivity contribution in [2.75, 3.05) is 10.2 Å². The van der Waals surface area contributed by atoms with Crippen LogP contribution in [0.25, 0.3) is 36.8 Å². The predicted molar refractivity (Wildman–Crippen MR) is 265 cm³/mol. The quantitative estimate of drug-likeness (QED) is 0.115. The van der Waals surface area contributed by atoms with Gasteiger partial charge in [-0.3, -0.25) is 4.90 Å². The molecule has 0 saturated heterocycles. The third kappa shape index (κ3) is 7.93. The summed E-state index contributed by atoms with van der Waals surface area (Å²) < 4.78 is 3.74. The van der Waals surface area contributed by atoms with E-state index in [1.165, 1.54) is 44.7 Å². The number of nitrogens with zero attached hydrogens (tertiary/aromatic N) is 9. The Morgan fingerprint density at radius 3 is 1.84 bits per heavy atom. The molecule has 10 nitrogen and oxygen atoms in total. The number of rotatable bonds is 13. The zero-order valence-electron chi connectivity index (χ0n) is 37.1. The first-order valence-electron chi connectivity index (χ1n) is 21.8. The van der Waals surface area contributed by atoms with E-state index in [1.54, 1.807) is 16.0 Å². The van der Waals surface area contributed by atoms with Gasteiger partial charge >= 0.3 is 0 Å². The summed E-state index contributed by atoms with van der Waals surface area (Å²) in [4.78, 5) is 18.0. The van der Waals surface area contributed by atoms with E-state index in [2.05, 4.69) is 106 Å². The highest BCUT2D eigenvalue weighted by Gasteiger charge is 2.27. The van der Waals surface area contributed by atoms with Crippen molar-refractivity contribution in [2.24, 2.45) is 10.2 Å². The molecule has 5 aromatic carbocycles. The van der Waals surface area contributed by atoms with Crippen LogP contribution in [0.4, 0.5) is 39.6 Å². The molecule has 9 aromatic rings. The van der Waals surface area contributed by atoms with Gasteiger partial charge in [0.05, 0.1) is 26.1 Å². The number of aryl methyl sites for hydroxylation is 7. The number of hydrogen-bond donors (Lipinski definition) is 1. The lowest BCUT2D eigenvalue weighted by Gasteiger charge is -2.28. The van der Waals surface area contributed by atoms with Crippen LogP contribution in [-0.4, -0.2) is 24.7 Å². The largest absolute Gasteiger partial charge is 0.338 e. The zero-order chi connectivity index (χ0) is 44.5. The van der Waals surface area contributed by atoms with E-state index >= 15 is 0 Å². The van der Waals surface area contributed by atoms with Gasteiger partial charge in [-0.2, -0.15) is 15.0 Å². The number of nitrogens with one attached hydrogen (secondary N) is 1. The Morgan fingerprint density at radius 1 is 0.672 bits per heavy atom. The number of pyridine rings is 1. The van der Waals surface area contributed by atoms with E-state index in [-0.39, 0.29) is 5.82 Å². The monoisotopic (exact) mass is 876 g/mol. The minimum Gasteiger partial charge on any atom is -0.338 e. The van der Waals surface area contributed by atoms with Gasteiger partial charge in [0.25, 0.3) is 0 Å². The molecule has 64 heavy (non-hydrogen) atoms. The molecule has 0 aliphatic carbocycles. The standard InChI is InChI=1S/C52H48N10S2/c1-8-34-25-31(5)26-35(9-2)46(34)57-49-45(58-59-50-39(30-53)47(38-19-13-12-14-20-38)60-62(50)52-55-41-22-16-18-24-43(41)64-52)33(7)29-44(56-49)61(51-54-40-21-15-17-23-42(40)63-51)48-36(10-3)27-32(6)28-37(48)11-4/h12-29H,8-11H2,1-7H3,(H,56,57). The van der Waals surface area contributed by atoms with Gasteiger partial charge in [0.1, 0.15) is 28.8 Å². The number of nitriles is 1. The smallest absolute Gasteiger partial charge is 0.213 e. The van der Waals surface area contributed by atoms with Crippen molar-refractivity contribution in [3.05, 3.63) is 154 Å². The minimum absolute atomic E-state index is 0.282. The highest BCUT2D eigenvalue weighted by Crippen LogP contribution is 2.46. The van der Waals surface area contributed by atoms with Crippen LogP contribution in [0.5, 0.6) is 0 Å². The van der Waals surface area contributed by atoms with Gasteiger partial charge in [0, 0.05) is 11.3 Å². The number of anilines is 5. The average Bonchev–Trinajstić information content (AvgIpc) is 4.05. The van der Waals surface area contributed by atoms with Gasteiger partial charge in [-0.1, -0.05) is 140 Å². The van der Waals surface area contributed by atoms with E-state index in [0.717, 1.165) is 73.7 Å². The van der Waals surface area contributed by atoms with Crippen LogP contribution in [0.2, 0.25) is 0 Å². The molecule has 0 atom stereocenters. The second-order valence-corrected chi connectivity index (χ2v) is 17.8. The lowest BCUT2D eigenvalue weighted by molar-refractivity contribution is 0.866. The summed E-state index contributed by atoms with van der Waals surface area (Å²) in [6.45, 7) is 15.1. The molecule has 4 heterocycles. The normalized spacial score (nSPS) is 11.5. The fraction of sp³-hybridized carbons (Fsp3) is 0.212. The maximum absolute atomic E-state index is 10.8. The number of hydrogen-bond acceptors (Lipinski definition) is 11. The van der Waals surface area contributed by atoms with Crippen molar-refractivity contribution in [3.63, 3.8) is 0 Å². The maximum Gasteiger partial charge on any atom is 0.213 e. The van der Waals surface area contributed by atoms with Gasteiger partial charge in [0.2, 0.25) is 5.13 Å². The number of azo groups is 1.